The molecule has 2 nitrogen and oxygen atoms in total. The molecule has 11 heavy (non-hydrogen) atoms. The Labute approximate surface area is 71.7 Å². The van der Waals surface area contributed by atoms with Crippen molar-refractivity contribution in [2.45, 2.75) is 43.8 Å². The minimum atomic E-state index is -0.0453. The summed E-state index contributed by atoms with van der Waals surface area (Å²) in [5.74, 6) is -0.0453. The van der Waals surface area contributed by atoms with E-state index in [4.69, 9.17) is 4.74 Å². The summed E-state index contributed by atoms with van der Waals surface area (Å²) in [5, 5.41) is 0.0526. The van der Waals surface area contributed by atoms with Gasteiger partial charge in [0.15, 0.2) is 0 Å². The summed E-state index contributed by atoms with van der Waals surface area (Å²) in [6, 6.07) is 0. The second-order valence-corrected chi connectivity index (χ2v) is 4.29. The first-order chi connectivity index (χ1) is 5.24. The molecule has 1 heterocycles. The standard InChI is InChI=1S/C8H14O2S/c1-3-4-5-7-10-8(9)6(2)11-7/h6-7H,3-5H2,1-2H3. The van der Waals surface area contributed by atoms with Crippen LogP contribution in [0.4, 0.5) is 0 Å². The lowest BCUT2D eigenvalue weighted by molar-refractivity contribution is -0.142. The van der Waals surface area contributed by atoms with Crippen LogP contribution in [0.15, 0.2) is 0 Å². The molecule has 1 aliphatic heterocycles. The van der Waals surface area contributed by atoms with Gasteiger partial charge in [-0.1, -0.05) is 13.3 Å². The molecule has 0 N–H and O–H groups in total. The van der Waals surface area contributed by atoms with Crippen LogP contribution in [0.1, 0.15) is 33.1 Å². The number of hydrogen-bond acceptors (Lipinski definition) is 3. The molecule has 1 rings (SSSR count). The number of esters is 1. The van der Waals surface area contributed by atoms with Gasteiger partial charge in [0.2, 0.25) is 0 Å². The first-order valence-corrected chi connectivity index (χ1v) is 5.04. The van der Waals surface area contributed by atoms with Crippen molar-refractivity contribution in [1.29, 1.82) is 0 Å². The number of rotatable bonds is 3. The molecular formula is C8H14O2S. The monoisotopic (exact) mass is 174 g/mol. The van der Waals surface area contributed by atoms with Gasteiger partial charge in [0.25, 0.3) is 0 Å². The molecule has 1 aliphatic rings. The van der Waals surface area contributed by atoms with Gasteiger partial charge < -0.3 is 4.74 Å². The Morgan fingerprint density at radius 1 is 1.64 bits per heavy atom. The van der Waals surface area contributed by atoms with Crippen LogP contribution in [0.3, 0.4) is 0 Å². The van der Waals surface area contributed by atoms with Crippen molar-refractivity contribution in [1.82, 2.24) is 0 Å². The first-order valence-electron chi connectivity index (χ1n) is 4.10. The zero-order chi connectivity index (χ0) is 8.27. The van der Waals surface area contributed by atoms with Crippen LogP contribution in [-0.2, 0) is 9.53 Å². The molecular weight excluding hydrogens is 160 g/mol. The molecule has 2 atom stereocenters. The predicted octanol–water partition coefficient (Wildman–Crippen LogP) is 2.18. The summed E-state index contributed by atoms with van der Waals surface area (Å²) in [7, 11) is 0. The fourth-order valence-corrected chi connectivity index (χ4v) is 2.11. The number of thioether (sulfide) groups is 1. The summed E-state index contributed by atoms with van der Waals surface area (Å²) < 4.78 is 5.10. The van der Waals surface area contributed by atoms with E-state index in [1.807, 2.05) is 6.92 Å². The lowest BCUT2D eigenvalue weighted by Gasteiger charge is -2.05. The van der Waals surface area contributed by atoms with Crippen LogP contribution in [-0.4, -0.2) is 16.7 Å². The second-order valence-electron chi connectivity index (χ2n) is 2.79. The molecule has 0 bridgehead atoms. The van der Waals surface area contributed by atoms with Crippen LogP contribution in [0.5, 0.6) is 0 Å². The topological polar surface area (TPSA) is 26.3 Å². The lowest BCUT2D eigenvalue weighted by Crippen LogP contribution is -2.07. The average molecular weight is 174 g/mol. The van der Waals surface area contributed by atoms with Gasteiger partial charge in [0.1, 0.15) is 10.7 Å². The van der Waals surface area contributed by atoms with Gasteiger partial charge in [-0.15, -0.1) is 11.8 Å². The molecule has 0 aliphatic carbocycles. The number of cyclic esters (lactones) is 1. The molecule has 0 radical (unpaired) electrons. The third-order valence-corrected chi connectivity index (χ3v) is 2.96. The molecule has 1 saturated heterocycles. The van der Waals surface area contributed by atoms with Crippen molar-refractivity contribution in [2.24, 2.45) is 0 Å². The third kappa shape index (κ3) is 2.40. The van der Waals surface area contributed by atoms with Crippen LogP contribution in [0.2, 0.25) is 0 Å². The van der Waals surface area contributed by atoms with Crippen molar-refractivity contribution >= 4 is 17.7 Å². The van der Waals surface area contributed by atoms with Crippen LogP contribution in [0.25, 0.3) is 0 Å². The SMILES string of the molecule is CCCCC1OC(=O)C(C)S1. The average Bonchev–Trinajstić information content (AvgIpc) is 2.28. The smallest absolute Gasteiger partial charge is 0.320 e. The van der Waals surface area contributed by atoms with Gasteiger partial charge in [-0.25, -0.2) is 0 Å². The van der Waals surface area contributed by atoms with E-state index in [-0.39, 0.29) is 16.7 Å². The van der Waals surface area contributed by atoms with Gasteiger partial charge in [0, 0.05) is 0 Å². The Morgan fingerprint density at radius 2 is 2.36 bits per heavy atom. The highest BCUT2D eigenvalue weighted by atomic mass is 32.2. The van der Waals surface area contributed by atoms with E-state index in [0.717, 1.165) is 12.8 Å². The Morgan fingerprint density at radius 3 is 2.82 bits per heavy atom. The minimum Gasteiger partial charge on any atom is -0.450 e. The van der Waals surface area contributed by atoms with E-state index in [1.165, 1.54) is 6.42 Å². The molecule has 2 unspecified atom stereocenters. The van der Waals surface area contributed by atoms with Gasteiger partial charge in [-0.3, -0.25) is 4.79 Å². The molecule has 1 fully saturated rings. The Kier molecular flexibility index (Phi) is 3.24. The lowest BCUT2D eigenvalue weighted by atomic mass is 10.3. The highest BCUT2D eigenvalue weighted by Gasteiger charge is 2.30. The first kappa shape index (κ1) is 8.91. The van der Waals surface area contributed by atoms with Crippen molar-refractivity contribution in [2.75, 3.05) is 0 Å². The van der Waals surface area contributed by atoms with E-state index in [9.17, 15) is 4.79 Å². The zero-order valence-corrected chi connectivity index (χ0v) is 7.82. The molecule has 0 aromatic heterocycles. The molecule has 64 valence electrons. The van der Waals surface area contributed by atoms with E-state index in [0.29, 0.717) is 0 Å². The molecule has 3 heteroatoms. The van der Waals surface area contributed by atoms with E-state index in [1.54, 1.807) is 11.8 Å². The normalized spacial score (nSPS) is 30.5. The summed E-state index contributed by atoms with van der Waals surface area (Å²) in [4.78, 5) is 10.9. The maximum absolute atomic E-state index is 10.9. The second kappa shape index (κ2) is 4.00. The number of hydrogen-bond donors (Lipinski definition) is 0. The fourth-order valence-electron chi connectivity index (χ4n) is 1.03. The quantitative estimate of drug-likeness (QED) is 0.613. The van der Waals surface area contributed by atoms with Gasteiger partial charge in [-0.05, 0) is 19.8 Å². The van der Waals surface area contributed by atoms with E-state index >= 15 is 0 Å². The van der Waals surface area contributed by atoms with Crippen LogP contribution < -0.4 is 0 Å². The van der Waals surface area contributed by atoms with Crippen molar-refractivity contribution in [3.05, 3.63) is 0 Å². The number of carbonyl (C=O) groups excluding carboxylic acids is 1. The van der Waals surface area contributed by atoms with Crippen LogP contribution >= 0.6 is 11.8 Å². The number of carbonyl (C=O) groups is 1. The summed E-state index contributed by atoms with van der Waals surface area (Å²) >= 11 is 1.64. The predicted molar refractivity (Wildman–Crippen MR) is 46.5 cm³/mol. The Hall–Kier alpha value is -0.180. The molecule has 0 amide bonds. The van der Waals surface area contributed by atoms with Gasteiger partial charge in [0.05, 0.1) is 0 Å². The third-order valence-electron chi connectivity index (χ3n) is 1.73. The fraction of sp³-hybridized carbons (Fsp3) is 0.875. The Balaban J connectivity index is 2.24. The largest absolute Gasteiger partial charge is 0.450 e. The summed E-state index contributed by atoms with van der Waals surface area (Å²) in [6.45, 7) is 4.05. The maximum atomic E-state index is 10.9. The van der Waals surface area contributed by atoms with E-state index < -0.39 is 0 Å². The number of ether oxygens (including phenoxy) is 1. The summed E-state index contributed by atoms with van der Waals surface area (Å²) in [6.07, 6.45) is 3.33. The van der Waals surface area contributed by atoms with Gasteiger partial charge >= 0.3 is 5.97 Å². The molecule has 0 saturated carbocycles. The van der Waals surface area contributed by atoms with Crippen LogP contribution in [0, 0.1) is 0 Å². The maximum Gasteiger partial charge on any atom is 0.320 e. The summed E-state index contributed by atoms with van der Waals surface area (Å²) in [5.41, 5.74) is 0.137. The van der Waals surface area contributed by atoms with Gasteiger partial charge in [-0.2, -0.15) is 0 Å². The zero-order valence-electron chi connectivity index (χ0n) is 7.00. The Bertz CT molecular complexity index is 147. The molecule has 0 aromatic carbocycles. The molecule has 0 spiro atoms. The van der Waals surface area contributed by atoms with Crippen molar-refractivity contribution < 1.29 is 9.53 Å². The van der Waals surface area contributed by atoms with Crippen molar-refractivity contribution in [3.8, 4) is 0 Å². The van der Waals surface area contributed by atoms with Crippen molar-refractivity contribution in [3.63, 3.8) is 0 Å². The molecule has 0 aromatic rings. The minimum absolute atomic E-state index is 0.0453. The highest BCUT2D eigenvalue weighted by molar-refractivity contribution is 8.01. The highest BCUT2D eigenvalue weighted by Crippen LogP contribution is 2.31. The van der Waals surface area contributed by atoms with E-state index in [2.05, 4.69) is 6.92 Å². The number of unbranched alkanes of at least 4 members (excludes halogenated alkanes) is 1.